The molecular weight excluding hydrogens is 327 g/mol. The molecule has 2 aromatic rings. The maximum atomic E-state index is 12.2. The highest BCUT2D eigenvalue weighted by Crippen LogP contribution is 2.22. The van der Waals surface area contributed by atoms with Gasteiger partial charge in [-0.25, -0.2) is 8.42 Å². The zero-order valence-corrected chi connectivity index (χ0v) is 12.3. The van der Waals surface area contributed by atoms with Crippen molar-refractivity contribution in [3.8, 4) is 5.75 Å². The first kappa shape index (κ1) is 16.7. The molecule has 2 aromatic carbocycles. The number of nitro benzene ring substituents is 1. The van der Waals surface area contributed by atoms with E-state index in [4.69, 9.17) is 10.0 Å². The fourth-order valence-corrected chi connectivity index (χ4v) is 2.77. The van der Waals surface area contributed by atoms with Crippen LogP contribution in [0.3, 0.4) is 0 Å². The standard InChI is InChI=1S/C12H11BN2O7S/c16-13(17)22-11-3-1-2-9(8-11)14-23(20,21)12-6-4-10(5-7-12)15(18)19/h1-8,14,16-17H. The Morgan fingerprint density at radius 2 is 1.78 bits per heavy atom. The van der Waals surface area contributed by atoms with Crippen LogP contribution in [0.1, 0.15) is 0 Å². The van der Waals surface area contributed by atoms with Gasteiger partial charge in [-0.3, -0.25) is 14.8 Å². The third kappa shape index (κ3) is 4.42. The van der Waals surface area contributed by atoms with Gasteiger partial charge in [-0.05, 0) is 24.3 Å². The van der Waals surface area contributed by atoms with Crippen LogP contribution in [0.4, 0.5) is 11.4 Å². The molecule has 0 bridgehead atoms. The maximum Gasteiger partial charge on any atom is 0.707 e. The van der Waals surface area contributed by atoms with E-state index in [0.717, 1.165) is 24.3 Å². The molecule has 11 heteroatoms. The van der Waals surface area contributed by atoms with Gasteiger partial charge in [-0.2, -0.15) is 0 Å². The fourth-order valence-electron chi connectivity index (χ4n) is 1.72. The molecule has 0 aromatic heterocycles. The summed E-state index contributed by atoms with van der Waals surface area (Å²) in [5.74, 6) is 0.0453. The van der Waals surface area contributed by atoms with Crippen LogP contribution in [-0.2, 0) is 10.0 Å². The van der Waals surface area contributed by atoms with Crippen molar-refractivity contribution in [1.29, 1.82) is 0 Å². The smallest absolute Gasteiger partial charge is 0.512 e. The van der Waals surface area contributed by atoms with Crippen LogP contribution >= 0.6 is 0 Å². The van der Waals surface area contributed by atoms with Gasteiger partial charge in [-0.1, -0.05) is 6.07 Å². The second-order valence-corrected chi connectivity index (χ2v) is 6.01. The molecule has 0 unspecified atom stereocenters. The van der Waals surface area contributed by atoms with Crippen molar-refractivity contribution in [1.82, 2.24) is 0 Å². The zero-order valence-electron chi connectivity index (χ0n) is 11.5. The average molecular weight is 338 g/mol. The number of non-ortho nitro benzene ring substituents is 1. The molecular formula is C12H11BN2O7S. The minimum absolute atomic E-state index is 0.0453. The van der Waals surface area contributed by atoms with E-state index in [1.807, 2.05) is 0 Å². The summed E-state index contributed by atoms with van der Waals surface area (Å²) < 4.78 is 31.3. The molecule has 0 aliphatic heterocycles. The molecule has 0 saturated heterocycles. The van der Waals surface area contributed by atoms with E-state index in [1.165, 1.54) is 24.3 Å². The Kier molecular flexibility index (Phi) is 4.84. The van der Waals surface area contributed by atoms with E-state index >= 15 is 0 Å². The summed E-state index contributed by atoms with van der Waals surface area (Å²) in [5.41, 5.74) is -0.0993. The van der Waals surface area contributed by atoms with Crippen molar-refractivity contribution in [2.75, 3.05) is 4.72 Å². The zero-order chi connectivity index (χ0) is 17.0. The highest BCUT2D eigenvalue weighted by molar-refractivity contribution is 7.92. The Morgan fingerprint density at radius 3 is 2.35 bits per heavy atom. The van der Waals surface area contributed by atoms with Gasteiger partial charge in [0.25, 0.3) is 15.7 Å². The lowest BCUT2D eigenvalue weighted by Gasteiger charge is -2.10. The molecule has 0 aliphatic rings. The summed E-state index contributed by atoms with van der Waals surface area (Å²) in [4.78, 5) is 9.77. The van der Waals surface area contributed by atoms with Crippen molar-refractivity contribution >= 4 is 28.7 Å². The molecule has 9 nitrogen and oxygen atoms in total. The largest absolute Gasteiger partial charge is 0.707 e. The lowest BCUT2D eigenvalue weighted by atomic mass is 10.2. The first-order valence-corrected chi connectivity index (χ1v) is 7.66. The quantitative estimate of drug-likeness (QED) is 0.401. The van der Waals surface area contributed by atoms with Crippen LogP contribution in [0, 0.1) is 10.1 Å². The van der Waals surface area contributed by atoms with Crippen molar-refractivity contribution < 1.29 is 28.0 Å². The third-order valence-corrected chi connectivity index (χ3v) is 4.08. The Bertz CT molecular complexity index is 808. The minimum atomic E-state index is -3.95. The number of nitro groups is 1. The Balaban J connectivity index is 2.22. The number of hydrogen-bond donors (Lipinski definition) is 3. The number of hydrogen-bond acceptors (Lipinski definition) is 7. The van der Waals surface area contributed by atoms with Crippen LogP contribution in [0.15, 0.2) is 53.4 Å². The number of benzene rings is 2. The number of nitrogens with zero attached hydrogens (tertiary/aromatic N) is 1. The van der Waals surface area contributed by atoms with Crippen LogP contribution in [0.25, 0.3) is 0 Å². The number of sulfonamides is 1. The average Bonchev–Trinajstić information content (AvgIpc) is 2.46. The molecule has 2 rings (SSSR count). The molecule has 0 spiro atoms. The van der Waals surface area contributed by atoms with Crippen LogP contribution in [0.5, 0.6) is 5.75 Å². The number of nitrogens with one attached hydrogen (secondary N) is 1. The SMILES string of the molecule is O=[N+]([O-])c1ccc(S(=O)(=O)Nc2cccc(OB(O)O)c2)cc1. The van der Waals surface area contributed by atoms with Gasteiger partial charge in [0, 0.05) is 18.2 Å². The van der Waals surface area contributed by atoms with Gasteiger partial charge in [0.2, 0.25) is 0 Å². The second kappa shape index (κ2) is 6.65. The summed E-state index contributed by atoms with van der Waals surface area (Å²) in [7, 11) is -5.99. The monoisotopic (exact) mass is 338 g/mol. The molecule has 0 fully saturated rings. The van der Waals surface area contributed by atoms with Gasteiger partial charge >= 0.3 is 7.32 Å². The molecule has 0 saturated carbocycles. The lowest BCUT2D eigenvalue weighted by Crippen LogP contribution is -2.20. The summed E-state index contributed by atoms with van der Waals surface area (Å²) >= 11 is 0. The molecule has 120 valence electrons. The maximum absolute atomic E-state index is 12.2. The van der Waals surface area contributed by atoms with Crippen molar-refractivity contribution in [3.05, 3.63) is 58.6 Å². The second-order valence-electron chi connectivity index (χ2n) is 4.33. The van der Waals surface area contributed by atoms with Gasteiger partial charge < -0.3 is 14.7 Å². The van der Waals surface area contributed by atoms with E-state index in [2.05, 4.69) is 9.38 Å². The highest BCUT2D eigenvalue weighted by Gasteiger charge is 2.17. The summed E-state index contributed by atoms with van der Waals surface area (Å²) in [5, 5.41) is 28.0. The summed E-state index contributed by atoms with van der Waals surface area (Å²) in [6.45, 7) is 0. The topological polar surface area (TPSA) is 139 Å². The molecule has 0 heterocycles. The van der Waals surface area contributed by atoms with E-state index < -0.39 is 22.3 Å². The molecule has 0 radical (unpaired) electrons. The number of anilines is 1. The van der Waals surface area contributed by atoms with Crippen molar-refractivity contribution in [3.63, 3.8) is 0 Å². The van der Waals surface area contributed by atoms with Gasteiger partial charge in [0.1, 0.15) is 5.75 Å². The predicted octanol–water partition coefficient (Wildman–Crippen LogP) is 0.744. The predicted molar refractivity (Wildman–Crippen MR) is 81.2 cm³/mol. The van der Waals surface area contributed by atoms with E-state index in [0.29, 0.717) is 0 Å². The molecule has 0 aliphatic carbocycles. The molecule has 0 atom stereocenters. The highest BCUT2D eigenvalue weighted by atomic mass is 32.2. The van der Waals surface area contributed by atoms with Gasteiger partial charge in [0.05, 0.1) is 15.5 Å². The Labute approximate surface area is 131 Å². The first-order chi connectivity index (χ1) is 10.8. The van der Waals surface area contributed by atoms with Gasteiger partial charge in [-0.15, -0.1) is 0 Å². The lowest BCUT2D eigenvalue weighted by molar-refractivity contribution is -0.384. The first-order valence-electron chi connectivity index (χ1n) is 6.18. The summed E-state index contributed by atoms with van der Waals surface area (Å²) in [6.07, 6.45) is 0. The van der Waals surface area contributed by atoms with Crippen molar-refractivity contribution in [2.45, 2.75) is 4.90 Å². The number of rotatable bonds is 6. The van der Waals surface area contributed by atoms with Gasteiger partial charge in [0.15, 0.2) is 0 Å². The Morgan fingerprint density at radius 1 is 1.13 bits per heavy atom. The Hall–Kier alpha value is -2.63. The summed E-state index contributed by atoms with van der Waals surface area (Å²) in [6, 6.07) is 9.92. The molecule has 3 N–H and O–H groups in total. The third-order valence-electron chi connectivity index (χ3n) is 2.69. The molecule has 23 heavy (non-hydrogen) atoms. The molecule has 0 amide bonds. The minimum Gasteiger partial charge on any atom is -0.512 e. The fraction of sp³-hybridized carbons (Fsp3) is 0. The normalized spacial score (nSPS) is 10.9. The van der Waals surface area contributed by atoms with Crippen LogP contribution in [0.2, 0.25) is 0 Å². The van der Waals surface area contributed by atoms with Crippen molar-refractivity contribution in [2.24, 2.45) is 0 Å². The van der Waals surface area contributed by atoms with E-state index in [1.54, 1.807) is 0 Å². The van der Waals surface area contributed by atoms with E-state index in [-0.39, 0.29) is 22.0 Å². The van der Waals surface area contributed by atoms with E-state index in [9.17, 15) is 18.5 Å². The van der Waals surface area contributed by atoms with Crippen LogP contribution in [-0.4, -0.2) is 30.7 Å². The van der Waals surface area contributed by atoms with Crippen LogP contribution < -0.4 is 9.38 Å².